The zero-order valence-electron chi connectivity index (χ0n) is 18.1. The Morgan fingerprint density at radius 2 is 1.59 bits per heavy atom. The third-order valence-electron chi connectivity index (χ3n) is 5.94. The van der Waals surface area contributed by atoms with E-state index in [1.165, 1.54) is 41.6 Å². The Hall–Kier alpha value is -2.63. The average molecular weight is 457 g/mol. The van der Waals surface area contributed by atoms with Gasteiger partial charge in [0, 0.05) is 44.8 Å². The van der Waals surface area contributed by atoms with E-state index >= 15 is 0 Å². The minimum atomic E-state index is -0.410. The summed E-state index contributed by atoms with van der Waals surface area (Å²) in [5.74, 6) is -0.279. The van der Waals surface area contributed by atoms with Crippen LogP contribution in [0.4, 0.5) is 14.5 Å². The van der Waals surface area contributed by atoms with Gasteiger partial charge in [0.1, 0.15) is 23.5 Å². The fourth-order valence-electron chi connectivity index (χ4n) is 4.13. The first-order chi connectivity index (χ1) is 15.5. The summed E-state index contributed by atoms with van der Waals surface area (Å²) in [5, 5.41) is 0.226. The number of aryl methyl sites for hydroxylation is 1. The number of nitrogens with zero attached hydrogens (tertiary/aromatic N) is 2. The van der Waals surface area contributed by atoms with Crippen molar-refractivity contribution in [2.45, 2.75) is 19.4 Å². The Kier molecular flexibility index (Phi) is 7.28. The zero-order chi connectivity index (χ0) is 22.5. The summed E-state index contributed by atoms with van der Waals surface area (Å²) in [7, 11) is 0. The summed E-state index contributed by atoms with van der Waals surface area (Å²) in [6, 6.07) is 18.9. The maximum Gasteiger partial charge on any atom is 0.139 e. The predicted octanol–water partition coefficient (Wildman–Crippen LogP) is 6.26. The van der Waals surface area contributed by atoms with Gasteiger partial charge in [0.25, 0.3) is 0 Å². The Balaban J connectivity index is 1.40. The van der Waals surface area contributed by atoms with Crippen molar-refractivity contribution in [3.63, 3.8) is 0 Å². The number of hydrogen-bond acceptors (Lipinski definition) is 3. The van der Waals surface area contributed by atoms with Gasteiger partial charge in [0.05, 0.1) is 5.02 Å². The molecule has 1 atom stereocenters. The zero-order valence-corrected chi connectivity index (χ0v) is 18.9. The molecule has 6 heteroatoms. The molecule has 0 saturated carbocycles. The minimum Gasteiger partial charge on any atom is -0.484 e. The van der Waals surface area contributed by atoms with E-state index in [-0.39, 0.29) is 16.9 Å². The molecule has 0 spiro atoms. The van der Waals surface area contributed by atoms with E-state index in [0.717, 1.165) is 38.3 Å². The number of rotatable bonds is 7. The molecule has 3 aromatic rings. The van der Waals surface area contributed by atoms with E-state index in [2.05, 4.69) is 41.0 Å². The second kappa shape index (κ2) is 10.3. The number of benzene rings is 3. The lowest BCUT2D eigenvalue weighted by Gasteiger charge is -2.37. The quantitative estimate of drug-likeness (QED) is 0.417. The van der Waals surface area contributed by atoms with Crippen LogP contribution in [0, 0.1) is 18.6 Å². The van der Waals surface area contributed by atoms with Gasteiger partial charge in [0.15, 0.2) is 0 Å². The molecule has 1 saturated heterocycles. The third kappa shape index (κ3) is 5.59. The minimum absolute atomic E-state index is 0.226. The number of hydrogen-bond donors (Lipinski definition) is 0. The smallest absolute Gasteiger partial charge is 0.139 e. The Labute approximate surface area is 193 Å². The van der Waals surface area contributed by atoms with Crippen LogP contribution in [0.5, 0.6) is 5.75 Å². The molecule has 0 amide bonds. The van der Waals surface area contributed by atoms with Gasteiger partial charge in [-0.1, -0.05) is 41.9 Å². The number of para-hydroxylation sites is 1. The van der Waals surface area contributed by atoms with E-state index in [9.17, 15) is 8.78 Å². The van der Waals surface area contributed by atoms with Crippen LogP contribution in [-0.4, -0.2) is 37.6 Å². The molecule has 0 bridgehead atoms. The summed E-state index contributed by atoms with van der Waals surface area (Å²) in [6.45, 7) is 6.84. The van der Waals surface area contributed by atoms with Gasteiger partial charge in [-0.05, 0) is 54.4 Å². The largest absolute Gasteiger partial charge is 0.484 e. The Bertz CT molecular complexity index is 1040. The van der Waals surface area contributed by atoms with E-state index in [0.29, 0.717) is 12.2 Å². The van der Waals surface area contributed by atoms with Crippen molar-refractivity contribution in [3.05, 3.63) is 94.5 Å². The van der Waals surface area contributed by atoms with E-state index in [4.69, 9.17) is 16.3 Å². The van der Waals surface area contributed by atoms with Crippen LogP contribution >= 0.6 is 11.6 Å². The summed E-state index contributed by atoms with van der Waals surface area (Å²) in [5.41, 5.74) is 3.46. The molecule has 0 N–H and O–H groups in total. The van der Waals surface area contributed by atoms with Gasteiger partial charge < -0.3 is 9.64 Å². The monoisotopic (exact) mass is 456 g/mol. The molecule has 0 aromatic heterocycles. The molecule has 3 aromatic carbocycles. The van der Waals surface area contributed by atoms with Crippen molar-refractivity contribution >= 4 is 17.3 Å². The standard InChI is InChI=1S/C26H27ClF2N2O/c1-19-4-2-3-5-24(19)31-16-14-30(15-17-31)13-12-25(20-6-8-21(28)9-7-20)32-26-11-10-22(29)18-23(26)27/h2-11,18,25H,12-17H2,1H3/t25-/m0/s1. The molecule has 32 heavy (non-hydrogen) atoms. The van der Waals surface area contributed by atoms with Crippen molar-refractivity contribution in [2.75, 3.05) is 37.6 Å². The van der Waals surface area contributed by atoms with Gasteiger partial charge in [-0.15, -0.1) is 0 Å². The van der Waals surface area contributed by atoms with Gasteiger partial charge in [-0.2, -0.15) is 0 Å². The number of anilines is 1. The van der Waals surface area contributed by atoms with Gasteiger partial charge in [0.2, 0.25) is 0 Å². The van der Waals surface area contributed by atoms with Crippen molar-refractivity contribution < 1.29 is 13.5 Å². The summed E-state index contributed by atoms with van der Waals surface area (Å²) < 4.78 is 33.0. The molecule has 0 unspecified atom stereocenters. The Morgan fingerprint density at radius 3 is 2.28 bits per heavy atom. The molecule has 1 heterocycles. The topological polar surface area (TPSA) is 15.7 Å². The van der Waals surface area contributed by atoms with Crippen LogP contribution in [0.1, 0.15) is 23.7 Å². The molecule has 168 valence electrons. The number of ether oxygens (including phenoxy) is 1. The first-order valence-electron chi connectivity index (χ1n) is 10.9. The highest BCUT2D eigenvalue weighted by atomic mass is 35.5. The van der Waals surface area contributed by atoms with Gasteiger partial charge in [-0.25, -0.2) is 8.78 Å². The number of piperazine rings is 1. The highest BCUT2D eigenvalue weighted by Crippen LogP contribution is 2.32. The van der Waals surface area contributed by atoms with Crippen molar-refractivity contribution in [3.8, 4) is 5.75 Å². The van der Waals surface area contributed by atoms with E-state index < -0.39 is 5.82 Å². The molecular formula is C26H27ClF2N2O. The van der Waals surface area contributed by atoms with Crippen LogP contribution in [0.15, 0.2) is 66.7 Å². The van der Waals surface area contributed by atoms with Gasteiger partial charge in [-0.3, -0.25) is 4.90 Å². The fraction of sp³-hybridized carbons (Fsp3) is 0.308. The molecule has 3 nitrogen and oxygen atoms in total. The lowest BCUT2D eigenvalue weighted by Crippen LogP contribution is -2.47. The number of halogens is 3. The second-order valence-electron chi connectivity index (χ2n) is 8.14. The lowest BCUT2D eigenvalue weighted by atomic mass is 10.1. The molecular weight excluding hydrogens is 430 g/mol. The average Bonchev–Trinajstić information content (AvgIpc) is 2.79. The van der Waals surface area contributed by atoms with Gasteiger partial charge >= 0.3 is 0 Å². The van der Waals surface area contributed by atoms with Crippen LogP contribution < -0.4 is 9.64 Å². The molecule has 0 radical (unpaired) electrons. The first-order valence-corrected chi connectivity index (χ1v) is 11.3. The van der Waals surface area contributed by atoms with Crippen molar-refractivity contribution in [1.29, 1.82) is 0 Å². The second-order valence-corrected chi connectivity index (χ2v) is 8.54. The highest BCUT2D eigenvalue weighted by molar-refractivity contribution is 6.32. The summed E-state index contributed by atoms with van der Waals surface area (Å²) >= 11 is 6.18. The molecule has 4 rings (SSSR count). The van der Waals surface area contributed by atoms with Crippen LogP contribution in [0.25, 0.3) is 0 Å². The lowest BCUT2D eigenvalue weighted by molar-refractivity contribution is 0.160. The van der Waals surface area contributed by atoms with Crippen LogP contribution in [0.3, 0.4) is 0 Å². The Morgan fingerprint density at radius 1 is 0.906 bits per heavy atom. The van der Waals surface area contributed by atoms with E-state index in [1.54, 1.807) is 12.1 Å². The molecule has 1 fully saturated rings. The molecule has 1 aliphatic rings. The van der Waals surface area contributed by atoms with Crippen LogP contribution in [-0.2, 0) is 0 Å². The van der Waals surface area contributed by atoms with E-state index in [1.807, 2.05) is 0 Å². The first kappa shape index (κ1) is 22.6. The third-order valence-corrected chi connectivity index (χ3v) is 6.24. The fourth-order valence-corrected chi connectivity index (χ4v) is 4.34. The maximum absolute atomic E-state index is 13.5. The SMILES string of the molecule is Cc1ccccc1N1CCN(CC[C@H](Oc2ccc(F)cc2Cl)c2ccc(F)cc2)CC1. The summed E-state index contributed by atoms with van der Waals surface area (Å²) in [4.78, 5) is 4.85. The maximum atomic E-state index is 13.5. The summed E-state index contributed by atoms with van der Waals surface area (Å²) in [6.07, 6.45) is 0.400. The van der Waals surface area contributed by atoms with Crippen molar-refractivity contribution in [1.82, 2.24) is 4.90 Å². The normalized spacial score (nSPS) is 15.6. The molecule has 0 aliphatic carbocycles. The highest BCUT2D eigenvalue weighted by Gasteiger charge is 2.21. The molecule has 1 aliphatic heterocycles. The predicted molar refractivity (Wildman–Crippen MR) is 126 cm³/mol. The van der Waals surface area contributed by atoms with Crippen LogP contribution in [0.2, 0.25) is 5.02 Å². The van der Waals surface area contributed by atoms with Crippen molar-refractivity contribution in [2.24, 2.45) is 0 Å².